The minimum atomic E-state index is -0.0358. The number of nitrogens with one attached hydrogen (secondary N) is 1. The Morgan fingerprint density at radius 2 is 1.85 bits per heavy atom. The van der Waals surface area contributed by atoms with Crippen molar-refractivity contribution in [1.82, 2.24) is 9.97 Å². The summed E-state index contributed by atoms with van der Waals surface area (Å²) in [6.07, 6.45) is 1.77. The van der Waals surface area contributed by atoms with Crippen molar-refractivity contribution < 1.29 is 0 Å². The summed E-state index contributed by atoms with van der Waals surface area (Å²) in [5.74, 6) is 1.28. The predicted molar refractivity (Wildman–Crippen MR) is 83.1 cm³/mol. The van der Waals surface area contributed by atoms with E-state index in [1.165, 1.54) is 5.56 Å². The van der Waals surface area contributed by atoms with Crippen LogP contribution in [0.15, 0.2) is 29.1 Å². The highest BCUT2D eigenvalue weighted by Crippen LogP contribution is 2.22. The van der Waals surface area contributed by atoms with Crippen LogP contribution in [-0.4, -0.2) is 9.97 Å². The monoisotopic (exact) mass is 270 g/mol. The minimum Gasteiger partial charge on any atom is -0.310 e. The molecule has 0 atom stereocenters. The number of hydrogen-bond acceptors (Lipinski definition) is 2. The van der Waals surface area contributed by atoms with Crippen LogP contribution in [0.5, 0.6) is 0 Å². The zero-order valence-electron chi connectivity index (χ0n) is 12.7. The van der Waals surface area contributed by atoms with Crippen LogP contribution in [0.3, 0.4) is 0 Å². The molecule has 0 saturated heterocycles. The second kappa shape index (κ2) is 6.04. The van der Waals surface area contributed by atoms with Gasteiger partial charge in [-0.2, -0.15) is 0 Å². The second-order valence-electron chi connectivity index (χ2n) is 5.51. The van der Waals surface area contributed by atoms with E-state index in [1.54, 1.807) is 0 Å². The van der Waals surface area contributed by atoms with Gasteiger partial charge in [0.05, 0.1) is 5.69 Å². The fourth-order valence-electron chi connectivity index (χ4n) is 2.24. The molecule has 20 heavy (non-hydrogen) atoms. The van der Waals surface area contributed by atoms with Crippen LogP contribution in [-0.2, 0) is 6.42 Å². The van der Waals surface area contributed by atoms with E-state index < -0.39 is 0 Å². The Hall–Kier alpha value is -1.90. The maximum Gasteiger partial charge on any atom is 0.254 e. The lowest BCUT2D eigenvalue weighted by atomic mass is 9.99. The molecule has 2 rings (SSSR count). The van der Waals surface area contributed by atoms with E-state index in [0.717, 1.165) is 29.9 Å². The van der Waals surface area contributed by atoms with Gasteiger partial charge in [0.2, 0.25) is 0 Å². The van der Waals surface area contributed by atoms with Gasteiger partial charge in [0.15, 0.2) is 0 Å². The maximum absolute atomic E-state index is 12.0. The van der Waals surface area contributed by atoms with Gasteiger partial charge in [-0.15, -0.1) is 0 Å². The number of aromatic nitrogens is 2. The van der Waals surface area contributed by atoms with Gasteiger partial charge in [0, 0.05) is 17.5 Å². The third kappa shape index (κ3) is 2.98. The van der Waals surface area contributed by atoms with Crippen molar-refractivity contribution in [3.63, 3.8) is 0 Å². The molecule has 0 spiro atoms. The molecule has 0 unspecified atom stereocenters. The van der Waals surface area contributed by atoms with Gasteiger partial charge in [-0.25, -0.2) is 4.98 Å². The van der Waals surface area contributed by atoms with E-state index in [9.17, 15) is 4.79 Å². The Bertz CT molecular complexity index is 639. The summed E-state index contributed by atoms with van der Waals surface area (Å²) < 4.78 is 0. The van der Waals surface area contributed by atoms with E-state index in [-0.39, 0.29) is 5.56 Å². The maximum atomic E-state index is 12.0. The average Bonchev–Trinajstić information content (AvgIpc) is 2.43. The molecule has 0 saturated carbocycles. The zero-order chi connectivity index (χ0) is 14.7. The summed E-state index contributed by atoms with van der Waals surface area (Å²) in [5, 5.41) is 0. The van der Waals surface area contributed by atoms with Gasteiger partial charge in [-0.3, -0.25) is 4.79 Å². The Morgan fingerprint density at radius 1 is 1.20 bits per heavy atom. The van der Waals surface area contributed by atoms with Gasteiger partial charge in [-0.1, -0.05) is 45.0 Å². The van der Waals surface area contributed by atoms with Crippen LogP contribution in [0.25, 0.3) is 11.3 Å². The molecule has 2 aromatic rings. The Kier molecular flexibility index (Phi) is 4.38. The number of aromatic amines is 1. The third-order valence-corrected chi connectivity index (χ3v) is 3.54. The topological polar surface area (TPSA) is 45.8 Å². The molecule has 3 heteroatoms. The van der Waals surface area contributed by atoms with Crippen molar-refractivity contribution in [2.45, 2.75) is 46.5 Å². The van der Waals surface area contributed by atoms with Crippen LogP contribution in [0.2, 0.25) is 0 Å². The Morgan fingerprint density at radius 3 is 2.40 bits per heavy atom. The molecule has 106 valence electrons. The van der Waals surface area contributed by atoms with Gasteiger partial charge in [-0.05, 0) is 24.8 Å². The average molecular weight is 270 g/mol. The highest BCUT2D eigenvalue weighted by atomic mass is 16.1. The van der Waals surface area contributed by atoms with Gasteiger partial charge in [0.25, 0.3) is 5.56 Å². The lowest BCUT2D eigenvalue weighted by Crippen LogP contribution is -2.16. The SMILES string of the molecule is CCCc1nc(-c2ccc(C(C)C)cc2)c(C)c(=O)[nH]1. The first-order valence-electron chi connectivity index (χ1n) is 7.23. The van der Waals surface area contributed by atoms with Crippen molar-refractivity contribution >= 4 is 0 Å². The van der Waals surface area contributed by atoms with Crippen LogP contribution < -0.4 is 5.56 Å². The molecule has 0 amide bonds. The molecule has 3 nitrogen and oxygen atoms in total. The smallest absolute Gasteiger partial charge is 0.254 e. The molecule has 1 aromatic heterocycles. The number of benzene rings is 1. The normalized spacial score (nSPS) is 11.1. The lowest BCUT2D eigenvalue weighted by molar-refractivity contribution is 0.822. The predicted octanol–water partition coefficient (Wildman–Crippen LogP) is 3.82. The second-order valence-corrected chi connectivity index (χ2v) is 5.51. The largest absolute Gasteiger partial charge is 0.310 e. The van der Waals surface area contributed by atoms with Crippen molar-refractivity contribution in [3.05, 3.63) is 51.6 Å². The molecule has 0 aliphatic carbocycles. The molecule has 1 aromatic carbocycles. The van der Waals surface area contributed by atoms with Crippen LogP contribution >= 0.6 is 0 Å². The first-order valence-corrected chi connectivity index (χ1v) is 7.23. The van der Waals surface area contributed by atoms with Crippen molar-refractivity contribution in [3.8, 4) is 11.3 Å². The number of H-pyrrole nitrogens is 1. The van der Waals surface area contributed by atoms with Crippen LogP contribution in [0.1, 0.15) is 50.1 Å². The van der Waals surface area contributed by atoms with Crippen molar-refractivity contribution in [1.29, 1.82) is 0 Å². The van der Waals surface area contributed by atoms with Crippen LogP contribution in [0, 0.1) is 6.92 Å². The van der Waals surface area contributed by atoms with Crippen molar-refractivity contribution in [2.24, 2.45) is 0 Å². The summed E-state index contributed by atoms with van der Waals surface area (Å²) >= 11 is 0. The molecule has 0 aliphatic heterocycles. The lowest BCUT2D eigenvalue weighted by Gasteiger charge is -2.09. The summed E-state index contributed by atoms with van der Waals surface area (Å²) in [6.45, 7) is 8.25. The van der Waals surface area contributed by atoms with E-state index in [2.05, 4.69) is 55.0 Å². The zero-order valence-corrected chi connectivity index (χ0v) is 12.7. The molecular weight excluding hydrogens is 248 g/mol. The number of hydrogen-bond donors (Lipinski definition) is 1. The van der Waals surface area contributed by atoms with Gasteiger partial charge in [0.1, 0.15) is 5.82 Å². The van der Waals surface area contributed by atoms with Gasteiger partial charge < -0.3 is 4.98 Å². The Balaban J connectivity index is 2.48. The van der Waals surface area contributed by atoms with E-state index in [0.29, 0.717) is 11.5 Å². The Labute approximate surface area is 120 Å². The molecule has 0 fully saturated rings. The highest BCUT2D eigenvalue weighted by molar-refractivity contribution is 5.62. The van der Waals surface area contributed by atoms with E-state index in [1.807, 2.05) is 6.92 Å². The molecular formula is C17H22N2O. The fourth-order valence-corrected chi connectivity index (χ4v) is 2.24. The molecule has 0 bridgehead atoms. The molecule has 1 heterocycles. The number of rotatable bonds is 4. The first kappa shape index (κ1) is 14.5. The molecule has 0 aliphatic rings. The highest BCUT2D eigenvalue weighted by Gasteiger charge is 2.10. The number of aryl methyl sites for hydroxylation is 1. The van der Waals surface area contributed by atoms with E-state index >= 15 is 0 Å². The first-order chi connectivity index (χ1) is 9.52. The molecule has 1 N–H and O–H groups in total. The quantitative estimate of drug-likeness (QED) is 0.918. The summed E-state index contributed by atoms with van der Waals surface area (Å²) in [7, 11) is 0. The van der Waals surface area contributed by atoms with Gasteiger partial charge >= 0.3 is 0 Å². The standard InChI is InChI=1S/C17H22N2O/c1-5-6-15-18-16(12(4)17(20)19-15)14-9-7-13(8-10-14)11(2)3/h7-11H,5-6H2,1-4H3,(H,18,19,20). The third-order valence-electron chi connectivity index (χ3n) is 3.54. The minimum absolute atomic E-state index is 0.0358. The van der Waals surface area contributed by atoms with E-state index in [4.69, 9.17) is 0 Å². The number of nitrogens with zero attached hydrogens (tertiary/aromatic N) is 1. The fraction of sp³-hybridized carbons (Fsp3) is 0.412. The summed E-state index contributed by atoms with van der Waals surface area (Å²) in [5.41, 5.74) is 3.75. The van der Waals surface area contributed by atoms with Crippen molar-refractivity contribution in [2.75, 3.05) is 0 Å². The molecule has 0 radical (unpaired) electrons. The van der Waals surface area contributed by atoms with Crippen LogP contribution in [0.4, 0.5) is 0 Å². The summed E-state index contributed by atoms with van der Waals surface area (Å²) in [6, 6.07) is 8.34. The summed E-state index contributed by atoms with van der Waals surface area (Å²) in [4.78, 5) is 19.5.